The highest BCUT2D eigenvalue weighted by molar-refractivity contribution is 7.80. The van der Waals surface area contributed by atoms with Gasteiger partial charge in [-0.15, -0.1) is 0 Å². The Labute approximate surface area is 155 Å². The molecule has 0 spiro atoms. The first kappa shape index (κ1) is 21.5. The molecule has 10 heteroatoms. The fraction of sp³-hybridized carbons (Fsp3) is 0.375. The molecule has 0 aromatic heterocycles. The number of carboxylic acids is 2. The molecular weight excluding hydrogens is 362 g/mol. The molecule has 1 rings (SSSR count). The summed E-state index contributed by atoms with van der Waals surface area (Å²) in [6.45, 7) is 0. The van der Waals surface area contributed by atoms with E-state index in [1.165, 1.54) is 0 Å². The Kier molecular flexibility index (Phi) is 8.59. The monoisotopic (exact) mass is 383 g/mol. The third kappa shape index (κ3) is 7.11. The van der Waals surface area contributed by atoms with Crippen molar-refractivity contribution in [3.05, 3.63) is 35.9 Å². The molecule has 0 aliphatic carbocycles. The van der Waals surface area contributed by atoms with Crippen molar-refractivity contribution >= 4 is 36.4 Å². The standard InChI is InChI=1S/C16H21N3O6S/c17-10(7-13(20)21)14(22)18-11(6-9-4-2-1-3-5-9)15(23)19-12(8-26)16(24)25/h1-5,10-12,26H,6-8,17H2,(H,18,22)(H,19,23)(H,20,21)(H,24,25)/t10-,11-,12-/m0/s1. The van der Waals surface area contributed by atoms with E-state index in [-0.39, 0.29) is 12.2 Å². The Hall–Kier alpha value is -2.59. The molecule has 0 bridgehead atoms. The molecule has 0 radical (unpaired) electrons. The van der Waals surface area contributed by atoms with Gasteiger partial charge in [-0.2, -0.15) is 12.6 Å². The van der Waals surface area contributed by atoms with Crippen molar-refractivity contribution in [2.75, 3.05) is 5.75 Å². The highest BCUT2D eigenvalue weighted by atomic mass is 32.1. The Bertz CT molecular complexity index is 655. The van der Waals surface area contributed by atoms with Crippen LogP contribution in [-0.4, -0.2) is 57.8 Å². The minimum atomic E-state index is -1.33. The summed E-state index contributed by atoms with van der Waals surface area (Å²) in [7, 11) is 0. The quantitative estimate of drug-likeness (QED) is 0.283. The summed E-state index contributed by atoms with van der Waals surface area (Å²) in [5.74, 6) is -4.20. The Balaban J connectivity index is 2.90. The molecule has 0 fully saturated rings. The average molecular weight is 383 g/mol. The van der Waals surface area contributed by atoms with E-state index in [1.54, 1.807) is 30.3 Å². The van der Waals surface area contributed by atoms with Crippen LogP contribution in [0.15, 0.2) is 30.3 Å². The van der Waals surface area contributed by atoms with Gasteiger partial charge >= 0.3 is 11.9 Å². The van der Waals surface area contributed by atoms with Crippen molar-refractivity contribution in [2.45, 2.75) is 31.0 Å². The number of thiol groups is 1. The lowest BCUT2D eigenvalue weighted by Crippen LogP contribution is -2.55. The maximum atomic E-state index is 12.4. The molecule has 1 aromatic carbocycles. The van der Waals surface area contributed by atoms with E-state index < -0.39 is 48.3 Å². The number of hydrogen-bond acceptors (Lipinski definition) is 6. The minimum absolute atomic E-state index is 0.0805. The molecule has 6 N–H and O–H groups in total. The van der Waals surface area contributed by atoms with Crippen molar-refractivity contribution in [3.63, 3.8) is 0 Å². The largest absolute Gasteiger partial charge is 0.481 e. The Morgan fingerprint density at radius 3 is 2.08 bits per heavy atom. The molecule has 0 saturated heterocycles. The number of carbonyl (C=O) groups is 4. The van der Waals surface area contributed by atoms with E-state index in [1.807, 2.05) is 0 Å². The van der Waals surface area contributed by atoms with E-state index in [4.69, 9.17) is 15.9 Å². The molecule has 142 valence electrons. The predicted molar refractivity (Wildman–Crippen MR) is 95.7 cm³/mol. The van der Waals surface area contributed by atoms with E-state index in [9.17, 15) is 19.2 Å². The van der Waals surface area contributed by atoms with Crippen molar-refractivity contribution in [1.82, 2.24) is 10.6 Å². The molecule has 1 aromatic rings. The highest BCUT2D eigenvalue weighted by Crippen LogP contribution is 2.05. The summed E-state index contributed by atoms with van der Waals surface area (Å²) in [5.41, 5.74) is 6.22. The van der Waals surface area contributed by atoms with Gasteiger partial charge in [-0.3, -0.25) is 14.4 Å². The Morgan fingerprint density at radius 2 is 1.58 bits per heavy atom. The zero-order valence-electron chi connectivity index (χ0n) is 13.8. The van der Waals surface area contributed by atoms with Gasteiger partial charge in [0.2, 0.25) is 11.8 Å². The summed E-state index contributed by atoms with van der Waals surface area (Å²) < 4.78 is 0. The first-order valence-corrected chi connectivity index (χ1v) is 8.33. The fourth-order valence-electron chi connectivity index (χ4n) is 2.08. The number of nitrogens with two attached hydrogens (primary N) is 1. The first-order chi connectivity index (χ1) is 12.2. The van der Waals surface area contributed by atoms with Gasteiger partial charge in [0.05, 0.1) is 12.5 Å². The minimum Gasteiger partial charge on any atom is -0.481 e. The second kappa shape index (κ2) is 10.4. The summed E-state index contributed by atoms with van der Waals surface area (Å²) >= 11 is 3.87. The number of carboxylic acid groups (broad SMARTS) is 2. The number of nitrogens with one attached hydrogen (secondary N) is 2. The maximum absolute atomic E-state index is 12.4. The number of hydrogen-bond donors (Lipinski definition) is 6. The average Bonchev–Trinajstić information content (AvgIpc) is 2.58. The lowest BCUT2D eigenvalue weighted by Gasteiger charge is -2.22. The lowest BCUT2D eigenvalue weighted by atomic mass is 10.0. The zero-order valence-corrected chi connectivity index (χ0v) is 14.7. The van der Waals surface area contributed by atoms with Gasteiger partial charge in [0.25, 0.3) is 0 Å². The van der Waals surface area contributed by atoms with Crippen molar-refractivity contribution in [1.29, 1.82) is 0 Å². The van der Waals surface area contributed by atoms with Crippen molar-refractivity contribution < 1.29 is 29.4 Å². The van der Waals surface area contributed by atoms with Gasteiger partial charge in [-0.05, 0) is 5.56 Å². The first-order valence-electron chi connectivity index (χ1n) is 7.70. The third-order valence-corrected chi connectivity index (χ3v) is 3.81. The molecule has 26 heavy (non-hydrogen) atoms. The molecule has 0 heterocycles. The van der Waals surface area contributed by atoms with Crippen molar-refractivity contribution in [3.8, 4) is 0 Å². The molecule has 3 atom stereocenters. The molecule has 0 aliphatic heterocycles. The third-order valence-electron chi connectivity index (χ3n) is 3.44. The number of benzene rings is 1. The summed E-state index contributed by atoms with van der Waals surface area (Å²) in [6.07, 6.45) is -0.517. The van der Waals surface area contributed by atoms with E-state index in [2.05, 4.69) is 23.3 Å². The molecule has 0 saturated carbocycles. The van der Waals surface area contributed by atoms with Gasteiger partial charge in [0.1, 0.15) is 12.1 Å². The Morgan fingerprint density at radius 1 is 1.00 bits per heavy atom. The van der Waals surface area contributed by atoms with Crippen molar-refractivity contribution in [2.24, 2.45) is 5.73 Å². The van der Waals surface area contributed by atoms with Crippen LogP contribution in [0.25, 0.3) is 0 Å². The van der Waals surface area contributed by atoms with Crippen LogP contribution in [0, 0.1) is 0 Å². The summed E-state index contributed by atoms with van der Waals surface area (Å²) in [5, 5.41) is 22.4. The van der Waals surface area contributed by atoms with Crippen LogP contribution >= 0.6 is 12.6 Å². The maximum Gasteiger partial charge on any atom is 0.327 e. The zero-order chi connectivity index (χ0) is 19.7. The lowest BCUT2D eigenvalue weighted by molar-refractivity contribution is -0.142. The fourth-order valence-corrected chi connectivity index (χ4v) is 2.32. The molecule has 2 amide bonds. The topological polar surface area (TPSA) is 159 Å². The van der Waals surface area contributed by atoms with Crippen LogP contribution in [0.5, 0.6) is 0 Å². The van der Waals surface area contributed by atoms with Crippen LogP contribution < -0.4 is 16.4 Å². The van der Waals surface area contributed by atoms with Crippen LogP contribution in [0.1, 0.15) is 12.0 Å². The van der Waals surface area contributed by atoms with Crippen LogP contribution in [0.2, 0.25) is 0 Å². The molecule has 0 unspecified atom stereocenters. The number of aliphatic carboxylic acids is 2. The number of amides is 2. The van der Waals surface area contributed by atoms with Gasteiger partial charge in [0, 0.05) is 12.2 Å². The SMILES string of the molecule is N[C@@H](CC(=O)O)C(=O)N[C@@H](Cc1ccccc1)C(=O)N[C@@H](CS)C(=O)O. The predicted octanol–water partition coefficient (Wildman–Crippen LogP) is -0.985. The van der Waals surface area contributed by atoms with Gasteiger partial charge < -0.3 is 26.6 Å². The second-order valence-electron chi connectivity index (χ2n) is 5.54. The van der Waals surface area contributed by atoms with E-state index >= 15 is 0 Å². The molecular formula is C16H21N3O6S. The molecule has 0 aliphatic rings. The van der Waals surface area contributed by atoms with Crippen LogP contribution in [0.4, 0.5) is 0 Å². The van der Waals surface area contributed by atoms with Gasteiger partial charge in [-0.25, -0.2) is 4.79 Å². The normalized spacial score (nSPS) is 13.9. The van der Waals surface area contributed by atoms with Crippen LogP contribution in [-0.2, 0) is 25.6 Å². The smallest absolute Gasteiger partial charge is 0.327 e. The second-order valence-corrected chi connectivity index (χ2v) is 5.90. The van der Waals surface area contributed by atoms with Gasteiger partial charge in [0.15, 0.2) is 0 Å². The number of carbonyl (C=O) groups excluding carboxylic acids is 2. The number of rotatable bonds is 10. The summed E-state index contributed by atoms with van der Waals surface area (Å²) in [4.78, 5) is 46.2. The molecule has 9 nitrogen and oxygen atoms in total. The van der Waals surface area contributed by atoms with E-state index in [0.717, 1.165) is 5.56 Å². The summed E-state index contributed by atoms with van der Waals surface area (Å²) in [6, 6.07) is 5.06. The highest BCUT2D eigenvalue weighted by Gasteiger charge is 2.28. The van der Waals surface area contributed by atoms with Crippen LogP contribution in [0.3, 0.4) is 0 Å². The van der Waals surface area contributed by atoms with E-state index in [0.29, 0.717) is 0 Å². The van der Waals surface area contributed by atoms with Gasteiger partial charge in [-0.1, -0.05) is 30.3 Å².